The van der Waals surface area contributed by atoms with E-state index in [1.54, 1.807) is 7.05 Å². The molecule has 0 amide bonds. The van der Waals surface area contributed by atoms with Gasteiger partial charge < -0.3 is 10.6 Å². The smallest absolute Gasteiger partial charge is 0.191 e. The Hall–Kier alpha value is -2.34. The van der Waals surface area contributed by atoms with Crippen molar-refractivity contribution in [2.75, 3.05) is 26.7 Å². The van der Waals surface area contributed by atoms with Crippen LogP contribution < -0.4 is 10.6 Å². The summed E-state index contributed by atoms with van der Waals surface area (Å²) in [5.41, 5.74) is 3.85. The first-order valence-electron chi connectivity index (χ1n) is 9.97. The summed E-state index contributed by atoms with van der Waals surface area (Å²) in [6.07, 6.45) is 7.99. The standard InChI is InChI=1S/C21H32N6/c1-18-14-25-27(16-18)13-10-23-21(22-2)24-15-19-6-8-20(9-7-19)17-26-11-4-3-5-12-26/h6-9,14,16H,3-5,10-13,15,17H2,1-2H3,(H2,22,23,24). The molecule has 146 valence electrons. The van der Waals surface area contributed by atoms with Gasteiger partial charge in [-0.3, -0.25) is 14.6 Å². The van der Waals surface area contributed by atoms with Crippen LogP contribution in [0.5, 0.6) is 0 Å². The molecule has 1 fully saturated rings. The van der Waals surface area contributed by atoms with E-state index in [0.717, 1.165) is 32.1 Å². The normalized spacial score (nSPS) is 15.7. The quantitative estimate of drug-likeness (QED) is 0.582. The first-order chi connectivity index (χ1) is 13.2. The maximum Gasteiger partial charge on any atom is 0.191 e. The van der Waals surface area contributed by atoms with Crippen LogP contribution in [0.2, 0.25) is 0 Å². The van der Waals surface area contributed by atoms with E-state index in [-0.39, 0.29) is 0 Å². The second kappa shape index (κ2) is 10.1. The van der Waals surface area contributed by atoms with Crippen LogP contribution in [0.15, 0.2) is 41.7 Å². The molecule has 0 spiro atoms. The summed E-state index contributed by atoms with van der Waals surface area (Å²) in [4.78, 5) is 6.85. The number of rotatable bonds is 7. The van der Waals surface area contributed by atoms with Gasteiger partial charge in [-0.2, -0.15) is 5.10 Å². The highest BCUT2D eigenvalue weighted by molar-refractivity contribution is 5.79. The molecule has 1 aromatic carbocycles. The number of nitrogens with zero attached hydrogens (tertiary/aromatic N) is 4. The molecule has 2 aromatic rings. The minimum absolute atomic E-state index is 0.768. The summed E-state index contributed by atoms with van der Waals surface area (Å²) in [5.74, 6) is 0.816. The van der Waals surface area contributed by atoms with Crippen molar-refractivity contribution >= 4 is 5.96 Å². The maximum absolute atomic E-state index is 4.29. The minimum Gasteiger partial charge on any atom is -0.355 e. The molecule has 27 heavy (non-hydrogen) atoms. The van der Waals surface area contributed by atoms with E-state index in [0.29, 0.717) is 0 Å². The van der Waals surface area contributed by atoms with E-state index in [9.17, 15) is 0 Å². The number of guanidine groups is 1. The second-order valence-corrected chi connectivity index (χ2v) is 7.29. The van der Waals surface area contributed by atoms with Crippen LogP contribution in [0, 0.1) is 6.92 Å². The van der Waals surface area contributed by atoms with Crippen molar-refractivity contribution in [1.82, 2.24) is 25.3 Å². The first-order valence-corrected chi connectivity index (χ1v) is 9.97. The molecule has 0 bridgehead atoms. The Labute approximate surface area is 162 Å². The van der Waals surface area contributed by atoms with Gasteiger partial charge in [-0.1, -0.05) is 30.7 Å². The maximum atomic E-state index is 4.29. The Morgan fingerprint density at radius 3 is 2.48 bits per heavy atom. The van der Waals surface area contributed by atoms with Gasteiger partial charge in [0.1, 0.15) is 0 Å². The van der Waals surface area contributed by atoms with Gasteiger partial charge in [-0.05, 0) is 49.5 Å². The fourth-order valence-corrected chi connectivity index (χ4v) is 3.42. The van der Waals surface area contributed by atoms with Crippen LogP contribution in [0.3, 0.4) is 0 Å². The molecule has 0 saturated carbocycles. The van der Waals surface area contributed by atoms with Crippen molar-refractivity contribution in [3.05, 3.63) is 53.3 Å². The van der Waals surface area contributed by atoms with E-state index < -0.39 is 0 Å². The summed E-state index contributed by atoms with van der Waals surface area (Å²) < 4.78 is 1.94. The SMILES string of the molecule is CN=C(NCCn1cc(C)cn1)NCc1ccc(CN2CCCCC2)cc1. The molecule has 1 aromatic heterocycles. The highest BCUT2D eigenvalue weighted by atomic mass is 15.3. The number of benzene rings is 1. The minimum atomic E-state index is 0.768. The molecule has 2 N–H and O–H groups in total. The predicted molar refractivity (Wildman–Crippen MR) is 111 cm³/mol. The molecule has 2 heterocycles. The number of piperidine rings is 1. The highest BCUT2D eigenvalue weighted by Gasteiger charge is 2.10. The third-order valence-electron chi connectivity index (χ3n) is 4.96. The van der Waals surface area contributed by atoms with E-state index >= 15 is 0 Å². The molecule has 0 atom stereocenters. The van der Waals surface area contributed by atoms with Crippen LogP contribution in [-0.4, -0.2) is 47.3 Å². The molecular weight excluding hydrogens is 336 g/mol. The van der Waals surface area contributed by atoms with Crippen LogP contribution in [0.4, 0.5) is 0 Å². The zero-order chi connectivity index (χ0) is 18.9. The molecule has 1 aliphatic rings. The number of hydrogen-bond donors (Lipinski definition) is 2. The van der Waals surface area contributed by atoms with Crippen molar-refractivity contribution in [3.8, 4) is 0 Å². The van der Waals surface area contributed by atoms with E-state index in [1.807, 2.05) is 17.1 Å². The summed E-state index contributed by atoms with van der Waals surface area (Å²) in [5, 5.41) is 11.0. The van der Waals surface area contributed by atoms with Gasteiger partial charge >= 0.3 is 0 Å². The summed E-state index contributed by atoms with van der Waals surface area (Å²) in [6.45, 7) is 7.98. The van der Waals surface area contributed by atoms with Crippen LogP contribution in [0.1, 0.15) is 36.0 Å². The zero-order valence-corrected chi connectivity index (χ0v) is 16.6. The number of hydrogen-bond acceptors (Lipinski definition) is 3. The average molecular weight is 369 g/mol. The Morgan fingerprint density at radius 1 is 1.07 bits per heavy atom. The van der Waals surface area contributed by atoms with Gasteiger partial charge in [0.05, 0.1) is 12.7 Å². The lowest BCUT2D eigenvalue weighted by atomic mass is 10.1. The van der Waals surface area contributed by atoms with Crippen molar-refractivity contribution in [2.24, 2.45) is 4.99 Å². The molecule has 1 saturated heterocycles. The van der Waals surface area contributed by atoms with Crippen LogP contribution in [-0.2, 0) is 19.6 Å². The van der Waals surface area contributed by atoms with Crippen molar-refractivity contribution in [3.63, 3.8) is 0 Å². The number of likely N-dealkylation sites (tertiary alicyclic amines) is 1. The third kappa shape index (κ3) is 6.40. The Balaban J connectivity index is 1.39. The van der Waals surface area contributed by atoms with Gasteiger partial charge in [0.25, 0.3) is 0 Å². The lowest BCUT2D eigenvalue weighted by Gasteiger charge is -2.26. The lowest BCUT2D eigenvalue weighted by Crippen LogP contribution is -2.38. The van der Waals surface area contributed by atoms with Crippen LogP contribution >= 0.6 is 0 Å². The Morgan fingerprint density at radius 2 is 1.81 bits per heavy atom. The Kier molecular flexibility index (Phi) is 7.27. The molecule has 0 aliphatic carbocycles. The van der Waals surface area contributed by atoms with Gasteiger partial charge in [0.15, 0.2) is 5.96 Å². The fourth-order valence-electron chi connectivity index (χ4n) is 3.42. The number of aryl methyl sites for hydroxylation is 1. The number of aliphatic imine (C=N–C) groups is 1. The Bertz CT molecular complexity index is 713. The molecule has 0 radical (unpaired) electrons. The number of aromatic nitrogens is 2. The molecule has 0 unspecified atom stereocenters. The lowest BCUT2D eigenvalue weighted by molar-refractivity contribution is 0.221. The van der Waals surface area contributed by atoms with Crippen LogP contribution in [0.25, 0.3) is 0 Å². The summed E-state index contributed by atoms with van der Waals surface area (Å²) >= 11 is 0. The van der Waals surface area contributed by atoms with E-state index in [4.69, 9.17) is 0 Å². The predicted octanol–water partition coefficient (Wildman–Crippen LogP) is 2.54. The third-order valence-corrected chi connectivity index (χ3v) is 4.96. The van der Waals surface area contributed by atoms with Crippen molar-refractivity contribution < 1.29 is 0 Å². The zero-order valence-electron chi connectivity index (χ0n) is 16.6. The number of nitrogens with one attached hydrogen (secondary N) is 2. The molecule has 3 rings (SSSR count). The molecule has 6 nitrogen and oxygen atoms in total. The summed E-state index contributed by atoms with van der Waals surface area (Å²) in [7, 11) is 1.80. The van der Waals surface area contributed by atoms with E-state index in [2.05, 4.69) is 56.8 Å². The topological polar surface area (TPSA) is 57.5 Å². The molecular formula is C21H32N6. The van der Waals surface area contributed by atoms with Gasteiger partial charge in [0.2, 0.25) is 0 Å². The highest BCUT2D eigenvalue weighted by Crippen LogP contribution is 2.13. The van der Waals surface area contributed by atoms with Crippen molar-refractivity contribution in [1.29, 1.82) is 0 Å². The fraction of sp³-hybridized carbons (Fsp3) is 0.524. The average Bonchev–Trinajstić information content (AvgIpc) is 3.11. The molecule has 6 heteroatoms. The van der Waals surface area contributed by atoms with E-state index in [1.165, 1.54) is 49.0 Å². The monoisotopic (exact) mass is 368 g/mol. The second-order valence-electron chi connectivity index (χ2n) is 7.29. The van der Waals surface area contributed by atoms with Gasteiger partial charge in [0, 0.05) is 32.9 Å². The van der Waals surface area contributed by atoms with Gasteiger partial charge in [-0.25, -0.2) is 0 Å². The summed E-state index contributed by atoms with van der Waals surface area (Å²) in [6, 6.07) is 8.93. The largest absolute Gasteiger partial charge is 0.355 e. The van der Waals surface area contributed by atoms with Gasteiger partial charge in [-0.15, -0.1) is 0 Å². The van der Waals surface area contributed by atoms with Crippen molar-refractivity contribution in [2.45, 2.75) is 45.8 Å². The first kappa shape index (κ1) is 19.4. The molecule has 1 aliphatic heterocycles.